The van der Waals surface area contributed by atoms with E-state index in [1.54, 1.807) is 0 Å². The molecule has 0 unspecified atom stereocenters. The number of benzene rings is 1. The second-order valence-electron chi connectivity index (χ2n) is 3.73. The van der Waals surface area contributed by atoms with Gasteiger partial charge in [-0.25, -0.2) is 0 Å². The van der Waals surface area contributed by atoms with Gasteiger partial charge in [0.2, 0.25) is 0 Å². The minimum atomic E-state index is 0.0115. The molecule has 82 valence electrons. The maximum atomic E-state index is 12.1. The van der Waals surface area contributed by atoms with Crippen molar-refractivity contribution in [3.8, 4) is 0 Å². The minimum absolute atomic E-state index is 0.0115. The fourth-order valence-electron chi connectivity index (χ4n) is 1.71. The highest BCUT2D eigenvalue weighted by Gasteiger charge is 2.20. The van der Waals surface area contributed by atoms with E-state index in [1.165, 1.54) is 0 Å². The van der Waals surface area contributed by atoms with Crippen molar-refractivity contribution in [3.63, 3.8) is 0 Å². The van der Waals surface area contributed by atoms with E-state index in [4.69, 9.17) is 0 Å². The first-order valence-electron chi connectivity index (χ1n) is 5.50. The molecule has 1 rings (SSSR count). The first-order chi connectivity index (χ1) is 7.20. The van der Waals surface area contributed by atoms with E-state index >= 15 is 0 Å². The summed E-state index contributed by atoms with van der Waals surface area (Å²) in [7, 11) is 2.00. The average Bonchev–Trinajstić information content (AvgIpc) is 2.30. The standard InChI is InChI=1S/C13H19NO/c1-4-12(14(3)5-2)13(15)11-9-7-6-8-10-11/h6-10,12H,4-5H2,1-3H3/t12-/m0/s1. The number of nitrogens with zero attached hydrogens (tertiary/aromatic N) is 1. The monoisotopic (exact) mass is 205 g/mol. The molecule has 0 N–H and O–H groups in total. The summed E-state index contributed by atoms with van der Waals surface area (Å²) in [5.41, 5.74) is 0.810. The summed E-state index contributed by atoms with van der Waals surface area (Å²) >= 11 is 0. The third-order valence-corrected chi connectivity index (χ3v) is 2.78. The zero-order valence-corrected chi connectivity index (χ0v) is 9.73. The van der Waals surface area contributed by atoms with Crippen LogP contribution < -0.4 is 0 Å². The zero-order chi connectivity index (χ0) is 11.3. The molecule has 2 nitrogen and oxygen atoms in total. The molecular weight excluding hydrogens is 186 g/mol. The van der Waals surface area contributed by atoms with Gasteiger partial charge in [-0.2, -0.15) is 0 Å². The van der Waals surface area contributed by atoms with Gasteiger partial charge in [-0.05, 0) is 20.0 Å². The predicted octanol–water partition coefficient (Wildman–Crippen LogP) is 2.60. The van der Waals surface area contributed by atoms with Crippen molar-refractivity contribution >= 4 is 5.78 Å². The van der Waals surface area contributed by atoms with Crippen LogP contribution in [0.4, 0.5) is 0 Å². The van der Waals surface area contributed by atoms with Gasteiger partial charge in [0, 0.05) is 5.56 Å². The molecule has 0 aliphatic rings. The van der Waals surface area contributed by atoms with Crippen molar-refractivity contribution in [3.05, 3.63) is 35.9 Å². The highest BCUT2D eigenvalue weighted by molar-refractivity contribution is 6.00. The van der Waals surface area contributed by atoms with Crippen molar-refractivity contribution in [2.75, 3.05) is 13.6 Å². The predicted molar refractivity (Wildman–Crippen MR) is 63.2 cm³/mol. The van der Waals surface area contributed by atoms with Gasteiger partial charge in [-0.15, -0.1) is 0 Å². The van der Waals surface area contributed by atoms with Crippen LogP contribution in [-0.2, 0) is 0 Å². The Labute approximate surface area is 91.9 Å². The second kappa shape index (κ2) is 5.66. The average molecular weight is 205 g/mol. The number of carbonyl (C=O) groups excluding carboxylic acids is 1. The summed E-state index contributed by atoms with van der Waals surface area (Å²) in [6.45, 7) is 5.02. The number of likely N-dealkylation sites (N-methyl/N-ethyl adjacent to an activating group) is 1. The lowest BCUT2D eigenvalue weighted by molar-refractivity contribution is 0.0852. The Morgan fingerprint density at radius 2 is 1.87 bits per heavy atom. The molecule has 0 heterocycles. The lowest BCUT2D eigenvalue weighted by Crippen LogP contribution is -2.37. The molecule has 1 atom stereocenters. The van der Waals surface area contributed by atoms with Crippen LogP contribution in [0.3, 0.4) is 0 Å². The van der Waals surface area contributed by atoms with E-state index in [0.29, 0.717) is 0 Å². The van der Waals surface area contributed by atoms with Crippen molar-refractivity contribution < 1.29 is 4.79 Å². The number of carbonyl (C=O) groups is 1. The van der Waals surface area contributed by atoms with Gasteiger partial charge in [0.25, 0.3) is 0 Å². The summed E-state index contributed by atoms with van der Waals surface area (Å²) < 4.78 is 0. The fourth-order valence-corrected chi connectivity index (χ4v) is 1.71. The van der Waals surface area contributed by atoms with E-state index in [-0.39, 0.29) is 11.8 Å². The fraction of sp³-hybridized carbons (Fsp3) is 0.462. The van der Waals surface area contributed by atoms with E-state index in [0.717, 1.165) is 18.5 Å². The molecule has 0 fully saturated rings. The highest BCUT2D eigenvalue weighted by Crippen LogP contribution is 2.10. The van der Waals surface area contributed by atoms with Crippen LogP contribution in [0.15, 0.2) is 30.3 Å². The van der Waals surface area contributed by atoms with Crippen LogP contribution in [0, 0.1) is 0 Å². The zero-order valence-electron chi connectivity index (χ0n) is 9.73. The molecule has 0 bridgehead atoms. The molecule has 0 saturated heterocycles. The van der Waals surface area contributed by atoms with Gasteiger partial charge >= 0.3 is 0 Å². The van der Waals surface area contributed by atoms with Crippen LogP contribution in [-0.4, -0.2) is 30.3 Å². The molecule has 0 aliphatic carbocycles. The number of hydrogen-bond acceptors (Lipinski definition) is 2. The summed E-state index contributed by atoms with van der Waals surface area (Å²) in [6.07, 6.45) is 0.859. The Bertz CT molecular complexity index is 308. The second-order valence-corrected chi connectivity index (χ2v) is 3.73. The van der Waals surface area contributed by atoms with Crippen LogP contribution in [0.5, 0.6) is 0 Å². The summed E-state index contributed by atoms with van der Waals surface area (Å²) in [5.74, 6) is 0.224. The van der Waals surface area contributed by atoms with Gasteiger partial charge in [0.05, 0.1) is 6.04 Å². The van der Waals surface area contributed by atoms with Crippen LogP contribution in [0.2, 0.25) is 0 Å². The molecule has 15 heavy (non-hydrogen) atoms. The van der Waals surface area contributed by atoms with Crippen molar-refractivity contribution in [1.29, 1.82) is 0 Å². The Hall–Kier alpha value is -1.15. The number of ketones is 1. The third-order valence-electron chi connectivity index (χ3n) is 2.78. The molecule has 1 aromatic carbocycles. The van der Waals surface area contributed by atoms with E-state index < -0.39 is 0 Å². The van der Waals surface area contributed by atoms with Crippen molar-refractivity contribution in [1.82, 2.24) is 4.90 Å². The summed E-state index contributed by atoms with van der Waals surface area (Å²) in [4.78, 5) is 14.2. The molecular formula is C13H19NO. The normalized spacial score (nSPS) is 12.8. The van der Waals surface area contributed by atoms with Crippen molar-refractivity contribution in [2.45, 2.75) is 26.3 Å². The molecule has 1 aromatic rings. The molecule has 2 heteroatoms. The SMILES string of the molecule is CC[C@@H](C(=O)c1ccccc1)N(C)CC. The summed E-state index contributed by atoms with van der Waals surface area (Å²) in [6, 6.07) is 9.53. The Balaban J connectivity index is 2.83. The molecule has 0 aliphatic heterocycles. The third kappa shape index (κ3) is 2.90. The van der Waals surface area contributed by atoms with E-state index in [2.05, 4.69) is 18.7 Å². The Kier molecular flexibility index (Phi) is 4.50. The summed E-state index contributed by atoms with van der Waals surface area (Å²) in [5, 5.41) is 0. The van der Waals surface area contributed by atoms with Gasteiger partial charge in [0.15, 0.2) is 5.78 Å². The lowest BCUT2D eigenvalue weighted by Gasteiger charge is -2.24. The van der Waals surface area contributed by atoms with E-state index in [1.807, 2.05) is 37.4 Å². The van der Waals surface area contributed by atoms with Gasteiger partial charge in [-0.3, -0.25) is 9.69 Å². The number of Topliss-reactive ketones (excluding diaryl/α,β-unsaturated/α-hetero) is 1. The van der Waals surface area contributed by atoms with E-state index in [9.17, 15) is 4.79 Å². The highest BCUT2D eigenvalue weighted by atomic mass is 16.1. The molecule has 0 radical (unpaired) electrons. The van der Waals surface area contributed by atoms with Crippen LogP contribution in [0.1, 0.15) is 30.6 Å². The minimum Gasteiger partial charge on any atom is -0.297 e. The van der Waals surface area contributed by atoms with Crippen LogP contribution >= 0.6 is 0 Å². The topological polar surface area (TPSA) is 20.3 Å². The maximum absolute atomic E-state index is 12.1. The molecule has 0 saturated carbocycles. The number of hydrogen-bond donors (Lipinski definition) is 0. The largest absolute Gasteiger partial charge is 0.297 e. The smallest absolute Gasteiger partial charge is 0.179 e. The van der Waals surface area contributed by atoms with Gasteiger partial charge in [0.1, 0.15) is 0 Å². The van der Waals surface area contributed by atoms with Crippen LogP contribution in [0.25, 0.3) is 0 Å². The Morgan fingerprint density at radius 1 is 1.27 bits per heavy atom. The Morgan fingerprint density at radius 3 is 2.33 bits per heavy atom. The first-order valence-corrected chi connectivity index (χ1v) is 5.50. The quantitative estimate of drug-likeness (QED) is 0.689. The molecule has 0 amide bonds. The first kappa shape index (κ1) is 11.9. The van der Waals surface area contributed by atoms with Crippen molar-refractivity contribution in [2.24, 2.45) is 0 Å². The molecule has 0 spiro atoms. The van der Waals surface area contributed by atoms with Gasteiger partial charge < -0.3 is 0 Å². The molecule has 0 aromatic heterocycles. The lowest BCUT2D eigenvalue weighted by atomic mass is 10.0. The number of rotatable bonds is 5. The van der Waals surface area contributed by atoms with Gasteiger partial charge in [-0.1, -0.05) is 44.2 Å². The maximum Gasteiger partial charge on any atom is 0.179 e.